The zero-order chi connectivity index (χ0) is 28.6. The number of nitrogens with two attached hydrogens (primary N) is 1. The molecule has 2 N–H and O–H groups in total. The molecule has 6 aliphatic rings. The monoisotopic (exact) mass is 547 g/mol. The molecule has 4 heteroatoms. The van der Waals surface area contributed by atoms with Gasteiger partial charge in [-0.05, 0) is 140 Å². The first-order chi connectivity index (χ1) is 18.9. The molecule has 0 heterocycles. The van der Waals surface area contributed by atoms with Crippen LogP contribution in [0.15, 0.2) is 34.4 Å². The van der Waals surface area contributed by atoms with Crippen LogP contribution < -0.4 is 5.73 Å². The Morgan fingerprint density at radius 2 is 1.80 bits per heavy atom. The summed E-state index contributed by atoms with van der Waals surface area (Å²) in [5.41, 5.74) is 12.9. The SMILES string of the molecule is CCOC(=O)C1CC=C(C2=CCC3(C)C(CCC4(C)C5CCC6(N)CC(=O)C(C(C)C)=C6C5CCC34)C2C)CC1. The number of rotatable bonds is 4. The van der Waals surface area contributed by atoms with Crippen LogP contribution in [0.1, 0.15) is 112 Å². The van der Waals surface area contributed by atoms with Crippen molar-refractivity contribution < 1.29 is 14.3 Å². The Kier molecular flexibility index (Phi) is 7.08. The molecule has 0 aromatic carbocycles. The summed E-state index contributed by atoms with van der Waals surface area (Å²) in [6.07, 6.45) is 16.7. The molecule has 0 spiro atoms. The Labute approximate surface area is 242 Å². The van der Waals surface area contributed by atoms with Gasteiger partial charge in [-0.3, -0.25) is 9.59 Å². The van der Waals surface area contributed by atoms with Crippen molar-refractivity contribution in [2.24, 2.45) is 58.0 Å². The predicted octanol–water partition coefficient (Wildman–Crippen LogP) is 7.72. The predicted molar refractivity (Wildman–Crippen MR) is 160 cm³/mol. The number of Topliss-reactive ketones (excluding diaryl/α,β-unsaturated/α-hetero) is 1. The van der Waals surface area contributed by atoms with Crippen LogP contribution in [0.5, 0.6) is 0 Å². The van der Waals surface area contributed by atoms with Crippen LogP contribution in [0.3, 0.4) is 0 Å². The minimum Gasteiger partial charge on any atom is -0.466 e. The van der Waals surface area contributed by atoms with Crippen LogP contribution in [0.4, 0.5) is 0 Å². The van der Waals surface area contributed by atoms with E-state index in [1.165, 1.54) is 49.7 Å². The lowest BCUT2D eigenvalue weighted by atomic mass is 9.38. The van der Waals surface area contributed by atoms with E-state index in [1.807, 2.05) is 6.92 Å². The van der Waals surface area contributed by atoms with E-state index in [4.69, 9.17) is 10.5 Å². The summed E-state index contributed by atoms with van der Waals surface area (Å²) in [6, 6.07) is 0. The molecule has 0 radical (unpaired) electrons. The molecule has 6 rings (SSSR count). The number of hydrogen-bond donors (Lipinski definition) is 1. The Hall–Kier alpha value is -1.68. The van der Waals surface area contributed by atoms with Gasteiger partial charge in [0.25, 0.3) is 0 Å². The van der Waals surface area contributed by atoms with Crippen molar-refractivity contribution in [3.8, 4) is 0 Å². The molecule has 0 aromatic rings. The molecule has 0 aliphatic heterocycles. The highest BCUT2D eigenvalue weighted by Crippen LogP contribution is 2.70. The smallest absolute Gasteiger partial charge is 0.309 e. The number of ketones is 1. The van der Waals surface area contributed by atoms with Crippen molar-refractivity contribution >= 4 is 11.8 Å². The molecule has 3 fully saturated rings. The maximum Gasteiger partial charge on any atom is 0.309 e. The first kappa shape index (κ1) is 28.4. The van der Waals surface area contributed by atoms with Gasteiger partial charge in [0.1, 0.15) is 0 Å². The normalized spacial score (nSPS) is 44.8. The lowest BCUT2D eigenvalue weighted by molar-refractivity contribution is -0.148. The van der Waals surface area contributed by atoms with Crippen molar-refractivity contribution in [2.75, 3.05) is 6.61 Å². The van der Waals surface area contributed by atoms with E-state index in [9.17, 15) is 9.59 Å². The summed E-state index contributed by atoms with van der Waals surface area (Å²) in [5.74, 6) is 3.76. The number of hydrogen-bond acceptors (Lipinski definition) is 4. The molecule has 3 saturated carbocycles. The van der Waals surface area contributed by atoms with Crippen LogP contribution in [0, 0.1) is 52.3 Å². The zero-order valence-corrected chi connectivity index (χ0v) is 26.0. The second-order valence-corrected chi connectivity index (χ2v) is 15.4. The van der Waals surface area contributed by atoms with E-state index in [1.54, 1.807) is 5.57 Å². The van der Waals surface area contributed by atoms with Crippen LogP contribution >= 0.6 is 0 Å². The Morgan fingerprint density at radius 1 is 1.05 bits per heavy atom. The maximum atomic E-state index is 13.2. The fourth-order valence-corrected chi connectivity index (χ4v) is 11.5. The molecule has 6 aliphatic carbocycles. The number of carbonyl (C=O) groups excluding carboxylic acids is 2. The van der Waals surface area contributed by atoms with Gasteiger partial charge >= 0.3 is 5.97 Å². The molecular formula is C36H53NO3. The van der Waals surface area contributed by atoms with Crippen LogP contribution in [-0.2, 0) is 14.3 Å². The summed E-state index contributed by atoms with van der Waals surface area (Å²) in [4.78, 5) is 25.5. The molecular weight excluding hydrogens is 494 g/mol. The topological polar surface area (TPSA) is 69.4 Å². The average molecular weight is 548 g/mol. The van der Waals surface area contributed by atoms with E-state index in [0.717, 1.165) is 37.2 Å². The van der Waals surface area contributed by atoms with Gasteiger partial charge in [-0.15, -0.1) is 0 Å². The molecule has 0 saturated heterocycles. The Balaban J connectivity index is 1.26. The van der Waals surface area contributed by atoms with Crippen molar-refractivity contribution in [1.82, 2.24) is 0 Å². The maximum absolute atomic E-state index is 13.2. The summed E-state index contributed by atoms with van der Waals surface area (Å²) in [5, 5.41) is 0. The highest BCUT2D eigenvalue weighted by atomic mass is 16.5. The summed E-state index contributed by atoms with van der Waals surface area (Å²) >= 11 is 0. The number of esters is 1. The molecule has 9 atom stereocenters. The van der Waals surface area contributed by atoms with E-state index < -0.39 is 0 Å². The highest BCUT2D eigenvalue weighted by molar-refractivity contribution is 6.01. The lowest BCUT2D eigenvalue weighted by Crippen LogP contribution is -2.60. The van der Waals surface area contributed by atoms with Crippen LogP contribution in [-0.4, -0.2) is 23.9 Å². The number of fused-ring (bicyclic) bond motifs is 7. The third-order valence-corrected chi connectivity index (χ3v) is 13.2. The van der Waals surface area contributed by atoms with E-state index in [0.29, 0.717) is 53.3 Å². The van der Waals surface area contributed by atoms with Gasteiger partial charge in [-0.1, -0.05) is 46.8 Å². The molecule has 0 bridgehead atoms. The fourth-order valence-electron chi connectivity index (χ4n) is 11.5. The standard InChI is InChI=1S/C36H53NO3/c1-7-40-33(39)24-10-8-23(9-11-24)25-14-17-34(5)27(22(25)4)15-18-35(6)28-16-19-36(37)20-29(38)31(21(2)3)32(36)26(28)12-13-30(34)35/h8,14,21-22,24,26-28,30H,7,9-13,15-20,37H2,1-6H3. The summed E-state index contributed by atoms with van der Waals surface area (Å²) in [6.45, 7) is 14.5. The van der Waals surface area contributed by atoms with Gasteiger partial charge in [0.2, 0.25) is 0 Å². The average Bonchev–Trinajstić information content (AvgIpc) is 3.19. The first-order valence-electron chi connectivity index (χ1n) is 16.6. The second kappa shape index (κ2) is 9.96. The van der Waals surface area contributed by atoms with Crippen LogP contribution in [0.2, 0.25) is 0 Å². The van der Waals surface area contributed by atoms with Gasteiger partial charge < -0.3 is 10.5 Å². The quantitative estimate of drug-likeness (QED) is 0.366. The largest absolute Gasteiger partial charge is 0.466 e. The van der Waals surface area contributed by atoms with Crippen molar-refractivity contribution in [2.45, 2.75) is 118 Å². The third-order valence-electron chi connectivity index (χ3n) is 13.2. The van der Waals surface area contributed by atoms with E-state index in [-0.39, 0.29) is 23.3 Å². The van der Waals surface area contributed by atoms with E-state index in [2.05, 4.69) is 46.8 Å². The number of allylic oxidation sites excluding steroid dienone is 5. The van der Waals surface area contributed by atoms with Gasteiger partial charge in [0, 0.05) is 12.0 Å². The van der Waals surface area contributed by atoms with Crippen molar-refractivity contribution in [3.05, 3.63) is 34.4 Å². The summed E-state index contributed by atoms with van der Waals surface area (Å²) in [7, 11) is 0. The first-order valence-corrected chi connectivity index (χ1v) is 16.6. The van der Waals surface area contributed by atoms with Crippen molar-refractivity contribution in [1.29, 1.82) is 0 Å². The third kappa shape index (κ3) is 4.08. The van der Waals surface area contributed by atoms with Gasteiger partial charge in [-0.2, -0.15) is 0 Å². The fraction of sp³-hybridized carbons (Fsp3) is 0.778. The lowest BCUT2D eigenvalue weighted by Gasteiger charge is -2.66. The van der Waals surface area contributed by atoms with Gasteiger partial charge in [0.15, 0.2) is 5.78 Å². The number of carbonyl (C=O) groups is 2. The molecule has 0 amide bonds. The number of ether oxygens (including phenoxy) is 1. The van der Waals surface area contributed by atoms with Crippen LogP contribution in [0.25, 0.3) is 0 Å². The molecule has 40 heavy (non-hydrogen) atoms. The molecule has 4 nitrogen and oxygen atoms in total. The Morgan fingerprint density at radius 3 is 2.48 bits per heavy atom. The molecule has 220 valence electrons. The summed E-state index contributed by atoms with van der Waals surface area (Å²) < 4.78 is 5.31. The second-order valence-electron chi connectivity index (χ2n) is 15.4. The van der Waals surface area contributed by atoms with Crippen molar-refractivity contribution in [3.63, 3.8) is 0 Å². The minimum atomic E-state index is -0.376. The molecule has 0 aromatic heterocycles. The molecule has 9 unspecified atom stereocenters. The zero-order valence-electron chi connectivity index (χ0n) is 26.0. The highest BCUT2D eigenvalue weighted by Gasteiger charge is 2.63. The Bertz CT molecular complexity index is 1180. The van der Waals surface area contributed by atoms with Gasteiger partial charge in [0.05, 0.1) is 12.5 Å². The minimum absolute atomic E-state index is 0.0222. The van der Waals surface area contributed by atoms with E-state index >= 15 is 0 Å². The van der Waals surface area contributed by atoms with Gasteiger partial charge in [-0.25, -0.2) is 0 Å².